The minimum Gasteiger partial charge on any atom is -0.480 e. The van der Waals surface area contributed by atoms with Crippen LogP contribution in [0.25, 0.3) is 0 Å². The molecule has 1 N–H and O–H groups in total. The second-order valence-electron chi connectivity index (χ2n) is 5.50. The van der Waals surface area contributed by atoms with Crippen LogP contribution in [0.4, 0.5) is 0 Å². The van der Waals surface area contributed by atoms with Gasteiger partial charge in [0.15, 0.2) is 0 Å². The number of carbonyl (C=O) groups excluding carboxylic acids is 1. The lowest BCUT2D eigenvalue weighted by Gasteiger charge is -2.19. The SMILES string of the molecule is CC(C)(C)OC(=O)COCCCCCCOCC(=O)O. The summed E-state index contributed by atoms with van der Waals surface area (Å²) in [6.07, 6.45) is 3.61. The Morgan fingerprint density at radius 3 is 1.85 bits per heavy atom. The number of unbranched alkanes of at least 4 members (excludes halogenated alkanes) is 3. The van der Waals surface area contributed by atoms with Crippen molar-refractivity contribution in [2.24, 2.45) is 0 Å². The van der Waals surface area contributed by atoms with Gasteiger partial charge < -0.3 is 19.3 Å². The first-order valence-electron chi connectivity index (χ1n) is 6.90. The molecule has 118 valence electrons. The number of rotatable bonds is 11. The van der Waals surface area contributed by atoms with Gasteiger partial charge in [-0.15, -0.1) is 0 Å². The minimum atomic E-state index is -0.944. The van der Waals surface area contributed by atoms with E-state index in [-0.39, 0.29) is 19.2 Å². The van der Waals surface area contributed by atoms with Gasteiger partial charge in [-0.25, -0.2) is 9.59 Å². The van der Waals surface area contributed by atoms with Gasteiger partial charge in [-0.05, 0) is 33.6 Å². The van der Waals surface area contributed by atoms with Crippen LogP contribution in [0.1, 0.15) is 46.5 Å². The quantitative estimate of drug-likeness (QED) is 0.463. The second kappa shape index (κ2) is 10.6. The second-order valence-corrected chi connectivity index (χ2v) is 5.50. The molecular formula is C14H26O6. The number of aliphatic carboxylic acids is 1. The summed E-state index contributed by atoms with van der Waals surface area (Å²) in [5, 5.41) is 8.35. The van der Waals surface area contributed by atoms with Crippen LogP contribution in [0.15, 0.2) is 0 Å². The van der Waals surface area contributed by atoms with Gasteiger partial charge >= 0.3 is 11.9 Å². The minimum absolute atomic E-state index is 0.0149. The average Bonchev–Trinajstić information content (AvgIpc) is 2.28. The van der Waals surface area contributed by atoms with Crippen molar-refractivity contribution in [2.45, 2.75) is 52.1 Å². The molecule has 6 heteroatoms. The number of carboxylic acid groups (broad SMARTS) is 1. The standard InChI is InChI=1S/C14H26O6/c1-14(2,3)20-13(17)11-19-9-7-5-4-6-8-18-10-12(15)16/h4-11H2,1-3H3,(H,15,16). The zero-order chi connectivity index (χ0) is 15.4. The molecule has 0 radical (unpaired) electrons. The molecule has 0 aromatic heterocycles. The Kier molecular flexibility index (Phi) is 10.0. The molecule has 6 nitrogen and oxygen atoms in total. The van der Waals surface area contributed by atoms with Gasteiger partial charge in [0.1, 0.15) is 18.8 Å². The molecule has 0 amide bonds. The largest absolute Gasteiger partial charge is 0.480 e. The molecule has 0 atom stereocenters. The predicted octanol–water partition coefficient (Wildman–Crippen LogP) is 2.01. The predicted molar refractivity (Wildman–Crippen MR) is 73.6 cm³/mol. The van der Waals surface area contributed by atoms with E-state index in [0.29, 0.717) is 13.2 Å². The smallest absolute Gasteiger partial charge is 0.332 e. The first kappa shape index (κ1) is 18.9. The molecule has 0 saturated heterocycles. The van der Waals surface area contributed by atoms with Crippen LogP contribution in [-0.4, -0.2) is 49.1 Å². The highest BCUT2D eigenvalue weighted by atomic mass is 16.6. The Morgan fingerprint density at radius 2 is 1.40 bits per heavy atom. The van der Waals surface area contributed by atoms with E-state index in [1.807, 2.05) is 20.8 Å². The van der Waals surface area contributed by atoms with Gasteiger partial charge in [0.25, 0.3) is 0 Å². The number of ether oxygens (including phenoxy) is 3. The van der Waals surface area contributed by atoms with Crippen LogP contribution >= 0.6 is 0 Å². The lowest BCUT2D eigenvalue weighted by atomic mass is 10.2. The van der Waals surface area contributed by atoms with E-state index in [1.165, 1.54) is 0 Å². The molecule has 0 bridgehead atoms. The molecule has 0 aliphatic heterocycles. The normalized spacial score (nSPS) is 11.3. The number of carbonyl (C=O) groups is 2. The van der Waals surface area contributed by atoms with Gasteiger partial charge in [-0.2, -0.15) is 0 Å². The summed E-state index contributed by atoms with van der Waals surface area (Å²) in [6.45, 7) is 6.18. The van der Waals surface area contributed by atoms with Crippen molar-refractivity contribution in [2.75, 3.05) is 26.4 Å². The summed E-state index contributed by atoms with van der Waals surface area (Å²) in [7, 11) is 0. The van der Waals surface area contributed by atoms with E-state index in [0.717, 1.165) is 25.7 Å². The van der Waals surface area contributed by atoms with E-state index in [9.17, 15) is 9.59 Å². The molecule has 0 unspecified atom stereocenters. The average molecular weight is 290 g/mol. The van der Waals surface area contributed by atoms with Crippen molar-refractivity contribution in [1.82, 2.24) is 0 Å². The summed E-state index contributed by atoms with van der Waals surface area (Å²) in [5.41, 5.74) is -0.476. The summed E-state index contributed by atoms with van der Waals surface area (Å²) in [5.74, 6) is -1.29. The van der Waals surface area contributed by atoms with Gasteiger partial charge in [-0.1, -0.05) is 12.8 Å². The van der Waals surface area contributed by atoms with E-state index in [2.05, 4.69) is 0 Å². The fourth-order valence-corrected chi connectivity index (χ4v) is 1.45. The van der Waals surface area contributed by atoms with Crippen LogP contribution in [-0.2, 0) is 23.8 Å². The first-order valence-corrected chi connectivity index (χ1v) is 6.90. The Morgan fingerprint density at radius 1 is 0.900 bits per heavy atom. The number of esters is 1. The highest BCUT2D eigenvalue weighted by molar-refractivity contribution is 5.71. The van der Waals surface area contributed by atoms with Gasteiger partial charge in [0, 0.05) is 13.2 Å². The molecule has 0 saturated carbocycles. The summed E-state index contributed by atoms with van der Waals surface area (Å²) < 4.78 is 15.2. The Labute approximate surface area is 120 Å². The fourth-order valence-electron chi connectivity index (χ4n) is 1.45. The van der Waals surface area contributed by atoms with Crippen LogP contribution in [0.5, 0.6) is 0 Å². The Hall–Kier alpha value is -1.14. The highest BCUT2D eigenvalue weighted by Crippen LogP contribution is 2.07. The lowest BCUT2D eigenvalue weighted by molar-refractivity contribution is -0.160. The summed E-state index contributed by atoms with van der Waals surface area (Å²) >= 11 is 0. The van der Waals surface area contributed by atoms with Crippen LogP contribution in [0.2, 0.25) is 0 Å². The van der Waals surface area contributed by atoms with Gasteiger partial charge in [-0.3, -0.25) is 0 Å². The van der Waals surface area contributed by atoms with E-state index in [4.69, 9.17) is 19.3 Å². The Balaban J connectivity index is 3.25. The monoisotopic (exact) mass is 290 g/mol. The maximum Gasteiger partial charge on any atom is 0.332 e. The topological polar surface area (TPSA) is 82.1 Å². The first-order chi connectivity index (χ1) is 9.31. The zero-order valence-electron chi connectivity index (χ0n) is 12.6. The lowest BCUT2D eigenvalue weighted by Crippen LogP contribution is -2.26. The van der Waals surface area contributed by atoms with Crippen LogP contribution in [0, 0.1) is 0 Å². The third kappa shape index (κ3) is 14.9. The number of hydrogen-bond acceptors (Lipinski definition) is 5. The number of carboxylic acids is 1. The maximum absolute atomic E-state index is 11.3. The molecular weight excluding hydrogens is 264 g/mol. The van der Waals surface area contributed by atoms with Crippen molar-refractivity contribution in [3.8, 4) is 0 Å². The molecule has 0 aromatic carbocycles. The molecule has 0 heterocycles. The van der Waals surface area contributed by atoms with Crippen molar-refractivity contribution in [3.63, 3.8) is 0 Å². The summed E-state index contributed by atoms with van der Waals surface area (Å²) in [4.78, 5) is 21.5. The van der Waals surface area contributed by atoms with Crippen molar-refractivity contribution >= 4 is 11.9 Å². The maximum atomic E-state index is 11.3. The number of hydrogen-bond donors (Lipinski definition) is 1. The van der Waals surface area contributed by atoms with Crippen molar-refractivity contribution in [3.05, 3.63) is 0 Å². The van der Waals surface area contributed by atoms with Crippen LogP contribution in [0.3, 0.4) is 0 Å². The molecule has 0 aliphatic carbocycles. The fraction of sp³-hybridized carbons (Fsp3) is 0.857. The van der Waals surface area contributed by atoms with E-state index >= 15 is 0 Å². The van der Waals surface area contributed by atoms with Crippen LogP contribution < -0.4 is 0 Å². The van der Waals surface area contributed by atoms with E-state index in [1.54, 1.807) is 0 Å². The third-order valence-corrected chi connectivity index (χ3v) is 2.19. The molecule has 0 aliphatic rings. The molecule has 0 spiro atoms. The molecule has 0 aromatic rings. The van der Waals surface area contributed by atoms with E-state index < -0.39 is 11.6 Å². The molecule has 0 rings (SSSR count). The van der Waals surface area contributed by atoms with Crippen molar-refractivity contribution < 1.29 is 28.9 Å². The van der Waals surface area contributed by atoms with Gasteiger partial charge in [0.2, 0.25) is 0 Å². The summed E-state index contributed by atoms with van der Waals surface area (Å²) in [6, 6.07) is 0. The third-order valence-electron chi connectivity index (χ3n) is 2.19. The zero-order valence-corrected chi connectivity index (χ0v) is 12.6. The molecule has 0 fully saturated rings. The van der Waals surface area contributed by atoms with Gasteiger partial charge in [0.05, 0.1) is 0 Å². The highest BCUT2D eigenvalue weighted by Gasteiger charge is 2.15. The molecule has 20 heavy (non-hydrogen) atoms. The van der Waals surface area contributed by atoms with Crippen molar-refractivity contribution in [1.29, 1.82) is 0 Å². The Bertz CT molecular complexity index is 282.